The summed E-state index contributed by atoms with van der Waals surface area (Å²) in [7, 11) is 0. The largest absolute Gasteiger partial charge is 0.355 e. The lowest BCUT2D eigenvalue weighted by Crippen LogP contribution is -2.50. The van der Waals surface area contributed by atoms with E-state index >= 15 is 0 Å². The Balaban J connectivity index is 1.96. The maximum Gasteiger partial charge on any atom is 0.243 e. The molecule has 0 radical (unpaired) electrons. The highest BCUT2D eigenvalue weighted by molar-refractivity contribution is 6.42. The zero-order valence-corrected chi connectivity index (χ0v) is 20.5. The average molecular weight is 504 g/mol. The molecular weight excluding hydrogens is 479 g/mol. The molecule has 0 saturated heterocycles. The number of benzene rings is 3. The molecule has 0 aromatic heterocycles. The number of carbonyl (C=O) groups excluding carboxylic acids is 2. The van der Waals surface area contributed by atoms with Gasteiger partial charge in [0, 0.05) is 24.5 Å². The number of nitrogens with one attached hydrogen (secondary N) is 1. The van der Waals surface area contributed by atoms with Crippen molar-refractivity contribution in [2.24, 2.45) is 0 Å². The second-order valence-corrected chi connectivity index (χ2v) is 8.93. The van der Waals surface area contributed by atoms with Crippen molar-refractivity contribution >= 4 is 46.6 Å². The molecule has 3 aromatic rings. The van der Waals surface area contributed by atoms with Gasteiger partial charge in [0.1, 0.15) is 6.04 Å². The van der Waals surface area contributed by atoms with Crippen LogP contribution in [-0.4, -0.2) is 29.3 Å². The van der Waals surface area contributed by atoms with Crippen molar-refractivity contribution in [2.45, 2.75) is 32.4 Å². The summed E-state index contributed by atoms with van der Waals surface area (Å²) >= 11 is 18.4. The van der Waals surface area contributed by atoms with Crippen LogP contribution in [0.4, 0.5) is 0 Å². The third kappa shape index (κ3) is 7.23. The summed E-state index contributed by atoms with van der Waals surface area (Å²) in [5.74, 6) is -0.397. The normalized spacial score (nSPS) is 11.6. The Morgan fingerprint density at radius 3 is 2.24 bits per heavy atom. The van der Waals surface area contributed by atoms with Gasteiger partial charge in [0.15, 0.2) is 0 Å². The number of hydrogen-bond acceptors (Lipinski definition) is 2. The zero-order valence-electron chi connectivity index (χ0n) is 18.2. The maximum absolute atomic E-state index is 13.6. The Morgan fingerprint density at radius 2 is 1.58 bits per heavy atom. The van der Waals surface area contributed by atoms with Crippen LogP contribution in [0.25, 0.3) is 0 Å². The Hall–Kier alpha value is -2.53. The van der Waals surface area contributed by atoms with E-state index in [2.05, 4.69) is 5.32 Å². The monoisotopic (exact) mass is 502 g/mol. The highest BCUT2D eigenvalue weighted by atomic mass is 35.5. The van der Waals surface area contributed by atoms with E-state index in [1.165, 1.54) is 0 Å². The summed E-state index contributed by atoms with van der Waals surface area (Å²) in [6, 6.07) is 21.4. The van der Waals surface area contributed by atoms with Crippen molar-refractivity contribution in [2.75, 3.05) is 6.54 Å². The van der Waals surface area contributed by atoms with Gasteiger partial charge in [-0.1, -0.05) is 83.3 Å². The second-order valence-electron chi connectivity index (χ2n) is 7.68. The van der Waals surface area contributed by atoms with Crippen LogP contribution in [0.15, 0.2) is 72.8 Å². The first-order chi connectivity index (χ1) is 15.9. The molecule has 0 unspecified atom stereocenters. The fraction of sp³-hybridized carbons (Fsp3) is 0.231. The van der Waals surface area contributed by atoms with Gasteiger partial charge in [-0.15, -0.1) is 0 Å². The van der Waals surface area contributed by atoms with Crippen LogP contribution in [0, 0.1) is 0 Å². The summed E-state index contributed by atoms with van der Waals surface area (Å²) in [5, 5.41) is 4.26. The first-order valence-corrected chi connectivity index (χ1v) is 11.8. The van der Waals surface area contributed by atoms with E-state index in [9.17, 15) is 9.59 Å². The standard InChI is InChI=1S/C26H25Cl3N2O2/c1-2-30-26(33)24(15-18-7-4-3-5-8-18)31(17-20-9-6-10-21(27)13-20)25(32)16-19-11-12-22(28)23(29)14-19/h3-14,24H,2,15-17H2,1H3,(H,30,33)/t24-/m0/s1. The first-order valence-electron chi connectivity index (χ1n) is 10.7. The minimum atomic E-state index is -0.693. The molecule has 33 heavy (non-hydrogen) atoms. The molecule has 1 N–H and O–H groups in total. The SMILES string of the molecule is CCNC(=O)[C@H](Cc1ccccc1)N(Cc1cccc(Cl)c1)C(=O)Cc1ccc(Cl)c(Cl)c1. The predicted octanol–water partition coefficient (Wildman–Crippen LogP) is 5.97. The lowest BCUT2D eigenvalue weighted by molar-refractivity contribution is -0.140. The van der Waals surface area contributed by atoms with Gasteiger partial charge in [-0.25, -0.2) is 0 Å². The topological polar surface area (TPSA) is 49.4 Å². The molecule has 3 rings (SSSR count). The molecule has 2 amide bonds. The van der Waals surface area contributed by atoms with E-state index in [0.29, 0.717) is 28.0 Å². The molecular formula is C26H25Cl3N2O2. The molecule has 7 heteroatoms. The van der Waals surface area contributed by atoms with Crippen molar-refractivity contribution in [1.82, 2.24) is 10.2 Å². The molecule has 172 valence electrons. The molecule has 0 aliphatic heterocycles. The lowest BCUT2D eigenvalue weighted by Gasteiger charge is -2.31. The van der Waals surface area contributed by atoms with Gasteiger partial charge in [-0.2, -0.15) is 0 Å². The average Bonchev–Trinajstić information content (AvgIpc) is 2.79. The van der Waals surface area contributed by atoms with Gasteiger partial charge in [-0.3, -0.25) is 9.59 Å². The summed E-state index contributed by atoms with van der Waals surface area (Å²) in [4.78, 5) is 28.3. The number of halogens is 3. The second kappa shape index (κ2) is 12.1. The number of amides is 2. The molecule has 1 atom stereocenters. The zero-order chi connectivity index (χ0) is 23.8. The number of likely N-dealkylation sites (N-methyl/N-ethyl adjacent to an activating group) is 1. The number of rotatable bonds is 9. The quantitative estimate of drug-likeness (QED) is 0.391. The molecule has 0 spiro atoms. The summed E-state index contributed by atoms with van der Waals surface area (Å²) in [6.45, 7) is 2.57. The van der Waals surface area contributed by atoms with Crippen LogP contribution in [0.2, 0.25) is 15.1 Å². The van der Waals surface area contributed by atoms with Crippen LogP contribution < -0.4 is 5.32 Å². The fourth-order valence-electron chi connectivity index (χ4n) is 3.60. The van der Waals surface area contributed by atoms with Gasteiger partial charge in [0.2, 0.25) is 11.8 Å². The summed E-state index contributed by atoms with van der Waals surface area (Å²) in [5.41, 5.74) is 2.53. The van der Waals surface area contributed by atoms with E-state index in [-0.39, 0.29) is 24.8 Å². The molecule has 0 aliphatic carbocycles. The minimum absolute atomic E-state index is 0.0855. The molecule has 0 fully saturated rings. The molecule has 0 bridgehead atoms. The van der Waals surface area contributed by atoms with Crippen molar-refractivity contribution in [1.29, 1.82) is 0 Å². The highest BCUT2D eigenvalue weighted by Crippen LogP contribution is 2.24. The Bertz CT molecular complexity index is 1110. The first kappa shape index (κ1) is 25.1. The van der Waals surface area contributed by atoms with Crippen LogP contribution in [0.3, 0.4) is 0 Å². The van der Waals surface area contributed by atoms with Crippen LogP contribution >= 0.6 is 34.8 Å². The highest BCUT2D eigenvalue weighted by Gasteiger charge is 2.30. The Labute approximate surface area is 209 Å². The van der Waals surface area contributed by atoms with E-state index in [4.69, 9.17) is 34.8 Å². The van der Waals surface area contributed by atoms with Gasteiger partial charge in [0.25, 0.3) is 0 Å². The maximum atomic E-state index is 13.6. The van der Waals surface area contributed by atoms with Crippen LogP contribution in [-0.2, 0) is 29.0 Å². The molecule has 0 saturated carbocycles. The summed E-state index contributed by atoms with van der Waals surface area (Å²) in [6.07, 6.45) is 0.475. The van der Waals surface area contributed by atoms with Crippen LogP contribution in [0.1, 0.15) is 23.6 Å². The summed E-state index contributed by atoms with van der Waals surface area (Å²) < 4.78 is 0. The Morgan fingerprint density at radius 1 is 0.848 bits per heavy atom. The number of carbonyl (C=O) groups is 2. The van der Waals surface area contributed by atoms with Gasteiger partial charge < -0.3 is 10.2 Å². The van der Waals surface area contributed by atoms with E-state index < -0.39 is 6.04 Å². The van der Waals surface area contributed by atoms with Gasteiger partial charge in [-0.05, 0) is 47.9 Å². The number of nitrogens with zero attached hydrogens (tertiary/aromatic N) is 1. The van der Waals surface area contributed by atoms with E-state index in [1.54, 1.807) is 35.2 Å². The molecule has 4 nitrogen and oxygen atoms in total. The van der Waals surface area contributed by atoms with E-state index in [0.717, 1.165) is 16.7 Å². The van der Waals surface area contributed by atoms with Gasteiger partial charge in [0.05, 0.1) is 16.5 Å². The van der Waals surface area contributed by atoms with Crippen molar-refractivity contribution in [3.8, 4) is 0 Å². The Kier molecular flexibility index (Phi) is 9.19. The van der Waals surface area contributed by atoms with E-state index in [1.807, 2.05) is 49.4 Å². The molecule has 3 aromatic carbocycles. The van der Waals surface area contributed by atoms with Gasteiger partial charge >= 0.3 is 0 Å². The minimum Gasteiger partial charge on any atom is -0.355 e. The third-order valence-corrected chi connectivity index (χ3v) is 6.18. The fourth-order valence-corrected chi connectivity index (χ4v) is 4.14. The van der Waals surface area contributed by atoms with Crippen molar-refractivity contribution in [3.05, 3.63) is 105 Å². The molecule has 0 heterocycles. The van der Waals surface area contributed by atoms with Crippen molar-refractivity contribution < 1.29 is 9.59 Å². The smallest absolute Gasteiger partial charge is 0.243 e. The third-order valence-electron chi connectivity index (χ3n) is 5.20. The van der Waals surface area contributed by atoms with Crippen molar-refractivity contribution in [3.63, 3.8) is 0 Å². The number of hydrogen-bond donors (Lipinski definition) is 1. The predicted molar refractivity (Wildman–Crippen MR) is 135 cm³/mol. The molecule has 0 aliphatic rings. The van der Waals surface area contributed by atoms with Crippen LogP contribution in [0.5, 0.6) is 0 Å². The lowest BCUT2D eigenvalue weighted by atomic mass is 10.0.